The highest BCUT2D eigenvalue weighted by atomic mass is 16.7. The number of rotatable bonds is 8. The van der Waals surface area contributed by atoms with Gasteiger partial charge in [0.1, 0.15) is 25.4 Å². The normalized spacial score (nSPS) is 23.6. The second kappa shape index (κ2) is 10.9. The molecule has 0 bridgehead atoms. The van der Waals surface area contributed by atoms with Gasteiger partial charge in [0.05, 0.1) is 11.1 Å². The molecule has 2 aromatic rings. The molecule has 1 unspecified atom stereocenters. The molecule has 0 saturated carbocycles. The first kappa shape index (κ1) is 24.9. The van der Waals surface area contributed by atoms with Crippen LogP contribution >= 0.6 is 0 Å². The van der Waals surface area contributed by atoms with Gasteiger partial charge in [0, 0.05) is 13.8 Å². The molecule has 1 fully saturated rings. The van der Waals surface area contributed by atoms with Gasteiger partial charge in [-0.15, -0.1) is 0 Å². The maximum atomic E-state index is 12.8. The van der Waals surface area contributed by atoms with Crippen LogP contribution in [0.25, 0.3) is 0 Å². The van der Waals surface area contributed by atoms with Gasteiger partial charge in [0.2, 0.25) is 0 Å². The van der Waals surface area contributed by atoms with Gasteiger partial charge in [-0.3, -0.25) is 9.59 Å². The molecule has 9 nitrogen and oxygen atoms in total. The monoisotopic (exact) mass is 470 g/mol. The average Bonchev–Trinajstić information content (AvgIpc) is 3.06. The van der Waals surface area contributed by atoms with Gasteiger partial charge < -0.3 is 23.7 Å². The van der Waals surface area contributed by atoms with Crippen LogP contribution in [0.4, 0.5) is 0 Å². The minimum absolute atomic E-state index is 0.262. The Morgan fingerprint density at radius 1 is 0.794 bits per heavy atom. The summed E-state index contributed by atoms with van der Waals surface area (Å²) in [5, 5.41) is 0. The zero-order chi connectivity index (χ0) is 24.7. The van der Waals surface area contributed by atoms with Gasteiger partial charge in [0.15, 0.2) is 11.7 Å². The fraction of sp³-hybridized carbons (Fsp3) is 0.360. The smallest absolute Gasteiger partial charge is 0.338 e. The molecule has 0 radical (unpaired) electrons. The van der Waals surface area contributed by atoms with E-state index in [0.717, 1.165) is 0 Å². The maximum Gasteiger partial charge on any atom is 0.338 e. The van der Waals surface area contributed by atoms with E-state index in [0.29, 0.717) is 5.56 Å². The van der Waals surface area contributed by atoms with Crippen LogP contribution in [0, 0.1) is 0 Å². The summed E-state index contributed by atoms with van der Waals surface area (Å²) in [6, 6.07) is 16.6. The molecule has 2 aromatic carbocycles. The van der Waals surface area contributed by atoms with Gasteiger partial charge in [0.25, 0.3) is 0 Å². The second-order valence-electron chi connectivity index (χ2n) is 7.90. The molecule has 1 heterocycles. The van der Waals surface area contributed by atoms with Crippen LogP contribution in [-0.2, 0) is 33.3 Å². The Hall–Kier alpha value is -3.72. The number of carbonyl (C=O) groups is 4. The van der Waals surface area contributed by atoms with E-state index in [1.54, 1.807) is 60.7 Å². The predicted molar refractivity (Wildman–Crippen MR) is 118 cm³/mol. The molecule has 4 atom stereocenters. The van der Waals surface area contributed by atoms with Crippen molar-refractivity contribution in [2.75, 3.05) is 13.2 Å². The van der Waals surface area contributed by atoms with Crippen LogP contribution in [-0.4, -0.2) is 61.0 Å². The summed E-state index contributed by atoms with van der Waals surface area (Å²) in [7, 11) is 0. The highest BCUT2D eigenvalue weighted by molar-refractivity contribution is 5.90. The van der Waals surface area contributed by atoms with Crippen molar-refractivity contribution in [3.05, 3.63) is 71.8 Å². The number of ether oxygens (including phenoxy) is 5. The molecule has 0 N–H and O–H groups in total. The molecule has 0 amide bonds. The van der Waals surface area contributed by atoms with Crippen molar-refractivity contribution in [1.29, 1.82) is 0 Å². The Bertz CT molecular complexity index is 1020. The summed E-state index contributed by atoms with van der Waals surface area (Å²) >= 11 is 0. The van der Waals surface area contributed by atoms with Crippen molar-refractivity contribution in [3.63, 3.8) is 0 Å². The van der Waals surface area contributed by atoms with Gasteiger partial charge >= 0.3 is 23.9 Å². The number of benzene rings is 2. The minimum atomic E-state index is -1.53. The predicted octanol–water partition coefficient (Wildman–Crippen LogP) is 2.72. The van der Waals surface area contributed by atoms with Crippen LogP contribution in [0.2, 0.25) is 0 Å². The van der Waals surface area contributed by atoms with E-state index in [-0.39, 0.29) is 18.8 Å². The Morgan fingerprint density at radius 2 is 1.35 bits per heavy atom. The minimum Gasteiger partial charge on any atom is -0.463 e. The van der Waals surface area contributed by atoms with E-state index >= 15 is 0 Å². The van der Waals surface area contributed by atoms with Crippen molar-refractivity contribution < 1.29 is 42.9 Å². The van der Waals surface area contributed by atoms with E-state index < -0.39 is 47.8 Å². The first-order valence-corrected chi connectivity index (χ1v) is 10.7. The number of hydrogen-bond acceptors (Lipinski definition) is 9. The highest BCUT2D eigenvalue weighted by Gasteiger charge is 2.59. The standard InChI is InChI=1S/C25H26O9/c1-16(26)30-14-20-22(33-24(29)19-12-8-5-9-13-19)25(3,34-17(2)27)21(32-20)15-31-23(28)18-10-6-4-7-11-18/h4-13,20-22H,14-15H2,1-3H3/t20?,21-,22+,25-/m1/s1. The lowest BCUT2D eigenvalue weighted by Crippen LogP contribution is -2.52. The van der Waals surface area contributed by atoms with Gasteiger partial charge in [-0.1, -0.05) is 36.4 Å². The Labute approximate surface area is 196 Å². The van der Waals surface area contributed by atoms with Crippen LogP contribution in [0.5, 0.6) is 0 Å². The Balaban J connectivity index is 1.85. The molecule has 1 aliphatic rings. The topological polar surface area (TPSA) is 114 Å². The lowest BCUT2D eigenvalue weighted by Gasteiger charge is -2.33. The number of carbonyl (C=O) groups excluding carboxylic acids is 4. The van der Waals surface area contributed by atoms with E-state index in [2.05, 4.69) is 0 Å². The molecule has 1 saturated heterocycles. The summed E-state index contributed by atoms with van der Waals surface area (Å²) in [4.78, 5) is 48.6. The van der Waals surface area contributed by atoms with Crippen LogP contribution in [0.15, 0.2) is 60.7 Å². The van der Waals surface area contributed by atoms with Crippen molar-refractivity contribution in [3.8, 4) is 0 Å². The second-order valence-corrected chi connectivity index (χ2v) is 7.90. The third-order valence-corrected chi connectivity index (χ3v) is 5.31. The Morgan fingerprint density at radius 3 is 1.88 bits per heavy atom. The van der Waals surface area contributed by atoms with E-state index in [4.69, 9.17) is 23.7 Å². The summed E-state index contributed by atoms with van der Waals surface area (Å²) in [6.45, 7) is 3.39. The maximum absolute atomic E-state index is 12.8. The molecule has 0 spiro atoms. The highest BCUT2D eigenvalue weighted by Crippen LogP contribution is 2.38. The van der Waals surface area contributed by atoms with Crippen molar-refractivity contribution in [2.45, 2.75) is 44.7 Å². The van der Waals surface area contributed by atoms with E-state index in [1.807, 2.05) is 0 Å². The number of esters is 4. The van der Waals surface area contributed by atoms with E-state index in [1.165, 1.54) is 20.8 Å². The zero-order valence-electron chi connectivity index (χ0n) is 19.1. The van der Waals surface area contributed by atoms with Crippen molar-refractivity contribution in [2.24, 2.45) is 0 Å². The Kier molecular flexibility index (Phi) is 8.01. The molecule has 180 valence electrons. The fourth-order valence-corrected chi connectivity index (χ4v) is 3.69. The van der Waals surface area contributed by atoms with Crippen molar-refractivity contribution in [1.82, 2.24) is 0 Å². The molecule has 0 aliphatic carbocycles. The third-order valence-electron chi connectivity index (χ3n) is 5.31. The fourth-order valence-electron chi connectivity index (χ4n) is 3.69. The summed E-state index contributed by atoms with van der Waals surface area (Å²) < 4.78 is 27.7. The summed E-state index contributed by atoms with van der Waals surface area (Å²) in [6.07, 6.45) is -3.12. The number of hydrogen-bond donors (Lipinski definition) is 0. The molecule has 3 rings (SSSR count). The SMILES string of the molecule is CC(=O)OCC1O[C@H](COC(=O)c2ccccc2)[C@@](C)(OC(C)=O)[C@H]1OC(=O)c1ccccc1. The quantitative estimate of drug-likeness (QED) is 0.424. The molecule has 0 aromatic heterocycles. The van der Waals surface area contributed by atoms with Gasteiger partial charge in [-0.25, -0.2) is 9.59 Å². The van der Waals surface area contributed by atoms with Gasteiger partial charge in [-0.05, 0) is 31.2 Å². The van der Waals surface area contributed by atoms with Crippen LogP contribution < -0.4 is 0 Å². The molecule has 34 heavy (non-hydrogen) atoms. The first-order chi connectivity index (χ1) is 16.2. The summed E-state index contributed by atoms with van der Waals surface area (Å²) in [5.41, 5.74) is -0.922. The van der Waals surface area contributed by atoms with Crippen LogP contribution in [0.1, 0.15) is 41.5 Å². The third kappa shape index (κ3) is 5.99. The van der Waals surface area contributed by atoms with Gasteiger partial charge in [-0.2, -0.15) is 0 Å². The lowest BCUT2D eigenvalue weighted by molar-refractivity contribution is -0.172. The molecule has 9 heteroatoms. The van der Waals surface area contributed by atoms with E-state index in [9.17, 15) is 19.2 Å². The average molecular weight is 470 g/mol. The van der Waals surface area contributed by atoms with Crippen molar-refractivity contribution >= 4 is 23.9 Å². The zero-order valence-corrected chi connectivity index (χ0v) is 19.1. The molecular formula is C25H26O9. The largest absolute Gasteiger partial charge is 0.463 e. The molecular weight excluding hydrogens is 444 g/mol. The lowest BCUT2D eigenvalue weighted by atomic mass is 9.92. The molecule has 1 aliphatic heterocycles. The summed E-state index contributed by atoms with van der Waals surface area (Å²) in [5.74, 6) is -2.50. The first-order valence-electron chi connectivity index (χ1n) is 10.7. The van der Waals surface area contributed by atoms with Crippen LogP contribution in [0.3, 0.4) is 0 Å².